The molecule has 1 aromatic carbocycles. The first-order valence-electron chi connectivity index (χ1n) is 4.59. The maximum absolute atomic E-state index is 12.0. The quantitative estimate of drug-likeness (QED) is 0.811. The summed E-state index contributed by atoms with van der Waals surface area (Å²) in [7, 11) is 1.81. The molecule has 0 aliphatic carbocycles. The number of hydrogen-bond acceptors (Lipinski definition) is 2. The Morgan fingerprint density at radius 3 is 2.80 bits per heavy atom. The van der Waals surface area contributed by atoms with E-state index in [1.54, 1.807) is 24.3 Å². The van der Waals surface area contributed by atoms with Crippen molar-refractivity contribution in [2.75, 3.05) is 13.6 Å². The lowest BCUT2D eigenvalue weighted by molar-refractivity contribution is -0.0499. The van der Waals surface area contributed by atoms with E-state index in [1.807, 2.05) is 13.1 Å². The summed E-state index contributed by atoms with van der Waals surface area (Å²) in [5.41, 5.74) is 0.646. The molecule has 82 valence electrons. The summed E-state index contributed by atoms with van der Waals surface area (Å²) in [5.74, 6) is 0.194. The van der Waals surface area contributed by atoms with Crippen LogP contribution in [-0.4, -0.2) is 20.2 Å². The van der Waals surface area contributed by atoms with Crippen molar-refractivity contribution in [2.45, 2.75) is 6.61 Å². The largest absolute Gasteiger partial charge is 0.434 e. The van der Waals surface area contributed by atoms with Crippen molar-refractivity contribution in [3.05, 3.63) is 35.9 Å². The summed E-state index contributed by atoms with van der Waals surface area (Å²) in [6.07, 6.45) is 3.59. The molecular weight excluding hydrogens is 200 g/mol. The molecule has 0 heterocycles. The van der Waals surface area contributed by atoms with Gasteiger partial charge >= 0.3 is 6.61 Å². The van der Waals surface area contributed by atoms with E-state index in [0.29, 0.717) is 12.1 Å². The van der Waals surface area contributed by atoms with E-state index in [-0.39, 0.29) is 5.75 Å². The topological polar surface area (TPSA) is 21.3 Å². The highest BCUT2D eigenvalue weighted by atomic mass is 19.3. The number of benzene rings is 1. The molecule has 1 aromatic rings. The van der Waals surface area contributed by atoms with Crippen molar-refractivity contribution in [2.24, 2.45) is 0 Å². The molecule has 1 rings (SSSR count). The van der Waals surface area contributed by atoms with Crippen molar-refractivity contribution in [1.82, 2.24) is 5.32 Å². The summed E-state index contributed by atoms with van der Waals surface area (Å²) >= 11 is 0. The van der Waals surface area contributed by atoms with Crippen LogP contribution in [0.15, 0.2) is 30.3 Å². The van der Waals surface area contributed by atoms with Gasteiger partial charge in [-0.1, -0.05) is 30.4 Å². The van der Waals surface area contributed by atoms with Gasteiger partial charge in [0.2, 0.25) is 0 Å². The second-order valence-electron chi connectivity index (χ2n) is 2.88. The van der Waals surface area contributed by atoms with Crippen LogP contribution in [0.3, 0.4) is 0 Å². The fourth-order valence-corrected chi connectivity index (χ4v) is 1.13. The fraction of sp³-hybridized carbons (Fsp3) is 0.273. The van der Waals surface area contributed by atoms with E-state index in [2.05, 4.69) is 10.1 Å². The molecule has 0 atom stereocenters. The van der Waals surface area contributed by atoms with Crippen LogP contribution in [0.5, 0.6) is 5.75 Å². The monoisotopic (exact) mass is 213 g/mol. The Hall–Kier alpha value is -1.42. The molecule has 4 heteroatoms. The first-order chi connectivity index (χ1) is 7.24. The second-order valence-corrected chi connectivity index (χ2v) is 2.88. The molecular formula is C11H13F2NO. The predicted molar refractivity (Wildman–Crippen MR) is 56.0 cm³/mol. The molecule has 0 aromatic heterocycles. The minimum Gasteiger partial charge on any atom is -0.434 e. The van der Waals surface area contributed by atoms with Crippen LogP contribution in [0.25, 0.3) is 6.08 Å². The predicted octanol–water partition coefficient (Wildman–Crippen LogP) is 2.52. The van der Waals surface area contributed by atoms with Crippen molar-refractivity contribution in [3.63, 3.8) is 0 Å². The summed E-state index contributed by atoms with van der Waals surface area (Å²) in [6, 6.07) is 6.68. The van der Waals surface area contributed by atoms with E-state index >= 15 is 0 Å². The molecule has 0 unspecified atom stereocenters. The number of likely N-dealkylation sites (N-methyl/N-ethyl adjacent to an activating group) is 1. The number of alkyl halides is 2. The molecule has 0 bridgehead atoms. The van der Waals surface area contributed by atoms with Gasteiger partial charge < -0.3 is 10.1 Å². The number of rotatable bonds is 5. The zero-order valence-corrected chi connectivity index (χ0v) is 8.41. The number of ether oxygens (including phenoxy) is 1. The zero-order valence-electron chi connectivity index (χ0n) is 8.41. The van der Waals surface area contributed by atoms with E-state index in [9.17, 15) is 8.78 Å². The van der Waals surface area contributed by atoms with Gasteiger partial charge in [0.05, 0.1) is 0 Å². The standard InChI is InChI=1S/C11H13F2NO/c1-14-8-4-6-9-5-2-3-7-10(9)15-11(12)13/h2-7,11,14H,8H2,1H3. The van der Waals surface area contributed by atoms with Gasteiger partial charge in [-0.3, -0.25) is 0 Å². The zero-order chi connectivity index (χ0) is 11.1. The Labute approximate surface area is 87.6 Å². The molecule has 2 nitrogen and oxygen atoms in total. The van der Waals surface area contributed by atoms with Gasteiger partial charge in [-0.05, 0) is 13.1 Å². The molecule has 0 amide bonds. The third-order valence-electron chi connectivity index (χ3n) is 1.75. The molecule has 0 spiro atoms. The Balaban J connectivity index is 2.76. The van der Waals surface area contributed by atoms with Gasteiger partial charge in [-0.15, -0.1) is 0 Å². The third kappa shape index (κ3) is 4.08. The summed E-state index contributed by atoms with van der Waals surface area (Å²) < 4.78 is 28.4. The van der Waals surface area contributed by atoms with E-state index < -0.39 is 6.61 Å². The summed E-state index contributed by atoms with van der Waals surface area (Å²) in [4.78, 5) is 0. The average Bonchev–Trinajstić information content (AvgIpc) is 2.20. The third-order valence-corrected chi connectivity index (χ3v) is 1.75. The SMILES string of the molecule is CNCC=Cc1ccccc1OC(F)F. The van der Waals surface area contributed by atoms with E-state index in [4.69, 9.17) is 0 Å². The first-order valence-corrected chi connectivity index (χ1v) is 4.59. The van der Waals surface area contributed by atoms with Gasteiger partial charge in [0.15, 0.2) is 0 Å². The summed E-state index contributed by atoms with van der Waals surface area (Å²) in [6.45, 7) is -2.10. The highest BCUT2D eigenvalue weighted by Gasteiger charge is 2.06. The summed E-state index contributed by atoms with van der Waals surface area (Å²) in [5, 5.41) is 2.92. The van der Waals surface area contributed by atoms with Crippen molar-refractivity contribution < 1.29 is 13.5 Å². The highest BCUT2D eigenvalue weighted by molar-refractivity contribution is 5.57. The molecule has 0 saturated carbocycles. The lowest BCUT2D eigenvalue weighted by Crippen LogP contribution is -2.04. The molecule has 1 N–H and O–H groups in total. The average molecular weight is 213 g/mol. The minimum absolute atomic E-state index is 0.194. The number of nitrogens with one attached hydrogen (secondary N) is 1. The van der Waals surface area contributed by atoms with Gasteiger partial charge in [0, 0.05) is 12.1 Å². The maximum Gasteiger partial charge on any atom is 0.387 e. The number of para-hydroxylation sites is 1. The van der Waals surface area contributed by atoms with Crippen molar-refractivity contribution >= 4 is 6.08 Å². The molecule has 0 aliphatic rings. The van der Waals surface area contributed by atoms with Crippen molar-refractivity contribution in [1.29, 1.82) is 0 Å². The molecule has 0 fully saturated rings. The Bertz CT molecular complexity index is 326. The van der Waals surface area contributed by atoms with E-state index in [1.165, 1.54) is 6.07 Å². The molecule has 0 aliphatic heterocycles. The maximum atomic E-state index is 12.0. The van der Waals surface area contributed by atoms with Gasteiger partial charge in [0.25, 0.3) is 0 Å². The normalized spacial score (nSPS) is 11.2. The fourth-order valence-electron chi connectivity index (χ4n) is 1.13. The van der Waals surface area contributed by atoms with Gasteiger partial charge in [-0.25, -0.2) is 0 Å². The van der Waals surface area contributed by atoms with E-state index in [0.717, 1.165) is 0 Å². The van der Waals surface area contributed by atoms with Crippen molar-refractivity contribution in [3.8, 4) is 5.75 Å². The number of halogens is 2. The van der Waals surface area contributed by atoms with Crippen LogP contribution < -0.4 is 10.1 Å². The van der Waals surface area contributed by atoms with Crippen LogP contribution in [-0.2, 0) is 0 Å². The molecule has 0 saturated heterocycles. The molecule has 0 radical (unpaired) electrons. The lowest BCUT2D eigenvalue weighted by atomic mass is 10.2. The lowest BCUT2D eigenvalue weighted by Gasteiger charge is -2.07. The van der Waals surface area contributed by atoms with Gasteiger partial charge in [0.1, 0.15) is 5.75 Å². The Morgan fingerprint density at radius 2 is 2.13 bits per heavy atom. The van der Waals surface area contributed by atoms with Crippen LogP contribution in [0.2, 0.25) is 0 Å². The molecule has 15 heavy (non-hydrogen) atoms. The highest BCUT2D eigenvalue weighted by Crippen LogP contribution is 2.21. The van der Waals surface area contributed by atoms with Crippen LogP contribution >= 0.6 is 0 Å². The first kappa shape index (κ1) is 11.7. The Morgan fingerprint density at radius 1 is 1.40 bits per heavy atom. The smallest absolute Gasteiger partial charge is 0.387 e. The minimum atomic E-state index is -2.79. The second kappa shape index (κ2) is 6.14. The van der Waals surface area contributed by atoms with Crippen LogP contribution in [0, 0.1) is 0 Å². The van der Waals surface area contributed by atoms with Gasteiger partial charge in [-0.2, -0.15) is 8.78 Å². The van der Waals surface area contributed by atoms with Crippen LogP contribution in [0.1, 0.15) is 5.56 Å². The number of hydrogen-bond donors (Lipinski definition) is 1. The van der Waals surface area contributed by atoms with Crippen LogP contribution in [0.4, 0.5) is 8.78 Å². The Kier molecular flexibility index (Phi) is 4.77.